The molecule has 2 aliphatic heterocycles. The summed E-state index contributed by atoms with van der Waals surface area (Å²) >= 11 is 0. The predicted octanol–water partition coefficient (Wildman–Crippen LogP) is 2.07. The molecule has 2 fully saturated rings. The Bertz CT molecular complexity index is 1080. The number of benzene rings is 1. The SMILES string of the molecule is CC1CN(c2cccc(C(=N)N)c2)C(=O)N(C2CCN(C(=O)CN)CC2)C1.O=C(O)C(F)(F)F.O=C(O)C(F)(F)F. The van der Waals surface area contributed by atoms with Crippen LogP contribution in [-0.4, -0.2) is 101 Å². The van der Waals surface area contributed by atoms with Crippen LogP contribution in [0.25, 0.3) is 0 Å². The van der Waals surface area contributed by atoms with Gasteiger partial charge in [0.1, 0.15) is 5.84 Å². The first-order chi connectivity index (χ1) is 18.8. The van der Waals surface area contributed by atoms with E-state index in [1.54, 1.807) is 21.9 Å². The summed E-state index contributed by atoms with van der Waals surface area (Å²) in [5, 5.41) is 21.9. The average molecular weight is 601 g/mol. The third-order valence-electron chi connectivity index (χ3n) is 5.87. The van der Waals surface area contributed by atoms with Gasteiger partial charge < -0.3 is 31.5 Å². The number of carbonyl (C=O) groups is 4. The van der Waals surface area contributed by atoms with Crippen molar-refractivity contribution < 1.29 is 55.7 Å². The highest BCUT2D eigenvalue weighted by Crippen LogP contribution is 2.28. The summed E-state index contributed by atoms with van der Waals surface area (Å²) in [5.41, 5.74) is 12.4. The average Bonchev–Trinajstić information content (AvgIpc) is 2.89. The molecule has 3 amide bonds. The lowest BCUT2D eigenvalue weighted by molar-refractivity contribution is -0.193. The zero-order chi connectivity index (χ0) is 31.7. The lowest BCUT2D eigenvalue weighted by Crippen LogP contribution is -2.58. The van der Waals surface area contributed by atoms with E-state index in [1.807, 2.05) is 17.0 Å². The molecule has 0 bridgehead atoms. The minimum absolute atomic E-state index is 0.0110. The minimum atomic E-state index is -5.08. The molecule has 0 saturated carbocycles. The van der Waals surface area contributed by atoms with E-state index >= 15 is 0 Å². The van der Waals surface area contributed by atoms with Crippen LogP contribution in [0.4, 0.5) is 36.8 Å². The van der Waals surface area contributed by atoms with Gasteiger partial charge in [-0.05, 0) is 30.9 Å². The van der Waals surface area contributed by atoms with Gasteiger partial charge in [0.2, 0.25) is 5.91 Å². The molecule has 0 aromatic heterocycles. The molecule has 0 spiro atoms. The highest BCUT2D eigenvalue weighted by Gasteiger charge is 2.39. The molecule has 1 aromatic rings. The first kappa shape index (κ1) is 34.9. The van der Waals surface area contributed by atoms with Crippen LogP contribution in [0, 0.1) is 11.3 Å². The highest BCUT2D eigenvalue weighted by molar-refractivity contribution is 5.98. The summed E-state index contributed by atoms with van der Waals surface area (Å²) in [6.07, 6.45) is -8.63. The number of nitrogen functional groups attached to an aromatic ring is 1. The summed E-state index contributed by atoms with van der Waals surface area (Å²) in [6.45, 7) is 4.80. The zero-order valence-corrected chi connectivity index (χ0v) is 21.7. The lowest BCUT2D eigenvalue weighted by Gasteiger charge is -2.45. The number of hydrogen-bond acceptors (Lipinski definition) is 6. The van der Waals surface area contributed by atoms with E-state index in [1.165, 1.54) is 0 Å². The Hall–Kier alpha value is -4.09. The molecule has 2 heterocycles. The van der Waals surface area contributed by atoms with Crippen LogP contribution < -0.4 is 16.4 Å². The van der Waals surface area contributed by atoms with Crippen molar-refractivity contribution in [3.8, 4) is 0 Å². The number of nitrogens with one attached hydrogen (secondary N) is 1. The number of amidine groups is 1. The Morgan fingerprint density at radius 2 is 1.49 bits per heavy atom. The Morgan fingerprint density at radius 3 is 1.90 bits per heavy atom. The monoisotopic (exact) mass is 600 g/mol. The highest BCUT2D eigenvalue weighted by atomic mass is 19.4. The van der Waals surface area contributed by atoms with Crippen LogP contribution in [0.15, 0.2) is 24.3 Å². The number of carboxylic acid groups (broad SMARTS) is 2. The fraction of sp³-hybridized carbons (Fsp3) is 0.522. The molecule has 7 N–H and O–H groups in total. The van der Waals surface area contributed by atoms with Gasteiger partial charge in [0.15, 0.2) is 0 Å². The summed E-state index contributed by atoms with van der Waals surface area (Å²) in [7, 11) is 0. The molecule has 2 aliphatic rings. The van der Waals surface area contributed by atoms with Crippen molar-refractivity contribution in [1.82, 2.24) is 9.80 Å². The second kappa shape index (κ2) is 14.5. The lowest BCUT2D eigenvalue weighted by atomic mass is 9.99. The third-order valence-corrected chi connectivity index (χ3v) is 5.87. The Morgan fingerprint density at radius 1 is 1.00 bits per heavy atom. The molecule has 12 nitrogen and oxygen atoms in total. The van der Waals surface area contributed by atoms with Crippen molar-refractivity contribution in [2.75, 3.05) is 37.6 Å². The van der Waals surface area contributed by atoms with Gasteiger partial charge in [0, 0.05) is 43.5 Å². The van der Waals surface area contributed by atoms with Crippen molar-refractivity contribution in [3.05, 3.63) is 29.8 Å². The van der Waals surface area contributed by atoms with Gasteiger partial charge in [-0.1, -0.05) is 19.1 Å². The molecule has 1 unspecified atom stereocenters. The molecule has 1 aromatic carbocycles. The number of hydrogen-bond donors (Lipinski definition) is 5. The van der Waals surface area contributed by atoms with Gasteiger partial charge in [-0.2, -0.15) is 26.3 Å². The normalized spacial score (nSPS) is 18.0. The van der Waals surface area contributed by atoms with Crippen LogP contribution in [0.2, 0.25) is 0 Å². The Kier molecular flexibility index (Phi) is 12.4. The number of piperidine rings is 1. The van der Waals surface area contributed by atoms with Crippen molar-refractivity contribution in [1.29, 1.82) is 5.41 Å². The van der Waals surface area contributed by atoms with Crippen molar-refractivity contribution >= 4 is 35.4 Å². The van der Waals surface area contributed by atoms with E-state index in [0.29, 0.717) is 31.1 Å². The number of rotatable bonds is 4. The van der Waals surface area contributed by atoms with Gasteiger partial charge in [-0.3, -0.25) is 15.1 Å². The third kappa shape index (κ3) is 10.8. The fourth-order valence-electron chi connectivity index (χ4n) is 3.93. The van der Waals surface area contributed by atoms with E-state index in [0.717, 1.165) is 25.1 Å². The number of carbonyl (C=O) groups excluding carboxylic acids is 2. The molecular weight excluding hydrogens is 570 g/mol. The summed E-state index contributed by atoms with van der Waals surface area (Å²) in [5.74, 6) is -5.23. The van der Waals surface area contributed by atoms with Gasteiger partial charge in [0.25, 0.3) is 0 Å². The number of nitrogens with zero attached hydrogens (tertiary/aromatic N) is 3. The predicted molar refractivity (Wildman–Crippen MR) is 132 cm³/mol. The Labute approximate surface area is 230 Å². The van der Waals surface area contributed by atoms with E-state index in [9.17, 15) is 35.9 Å². The van der Waals surface area contributed by atoms with Crippen LogP contribution in [0.5, 0.6) is 0 Å². The quantitative estimate of drug-likeness (QED) is 0.197. The number of aliphatic carboxylic acids is 2. The molecule has 18 heteroatoms. The van der Waals surface area contributed by atoms with Crippen molar-refractivity contribution in [3.63, 3.8) is 0 Å². The van der Waals surface area contributed by atoms with Gasteiger partial charge in [0.05, 0.1) is 6.54 Å². The van der Waals surface area contributed by atoms with E-state index < -0.39 is 24.3 Å². The molecular formula is C23H30F6N6O6. The molecule has 3 rings (SSSR count). The Balaban J connectivity index is 0.000000497. The van der Waals surface area contributed by atoms with Crippen LogP contribution >= 0.6 is 0 Å². The van der Waals surface area contributed by atoms with Crippen LogP contribution in [0.1, 0.15) is 25.3 Å². The van der Waals surface area contributed by atoms with Crippen LogP contribution in [0.3, 0.4) is 0 Å². The number of urea groups is 1. The largest absolute Gasteiger partial charge is 0.490 e. The van der Waals surface area contributed by atoms with Crippen molar-refractivity contribution in [2.24, 2.45) is 17.4 Å². The number of amides is 3. The fourth-order valence-corrected chi connectivity index (χ4v) is 3.93. The first-order valence-electron chi connectivity index (χ1n) is 11.9. The number of alkyl halides is 6. The molecule has 1 atom stereocenters. The molecule has 0 radical (unpaired) electrons. The number of anilines is 1. The van der Waals surface area contributed by atoms with Gasteiger partial charge in [-0.15, -0.1) is 0 Å². The molecule has 2 saturated heterocycles. The molecule has 41 heavy (non-hydrogen) atoms. The first-order valence-corrected chi connectivity index (χ1v) is 11.9. The van der Waals surface area contributed by atoms with E-state index in [4.69, 9.17) is 36.7 Å². The number of nitrogens with two attached hydrogens (primary N) is 2. The summed E-state index contributed by atoms with van der Waals surface area (Å²) in [6, 6.07) is 7.37. The minimum Gasteiger partial charge on any atom is -0.475 e. The maximum atomic E-state index is 13.2. The standard InChI is InChI=1S/C19H28N6O2.2C2HF3O2/c1-13-11-24(15-5-7-23(8-6-15)17(26)10-20)19(27)25(12-13)16-4-2-3-14(9-16)18(21)22;2*3-2(4,5)1(6)7/h2-4,9,13,15H,5-8,10-12,20H2,1H3,(H3,21,22);2*(H,6,7). The number of carboxylic acids is 2. The maximum absolute atomic E-state index is 13.2. The molecule has 0 aliphatic carbocycles. The van der Waals surface area contributed by atoms with Crippen molar-refractivity contribution in [2.45, 2.75) is 38.2 Å². The topological polar surface area (TPSA) is 194 Å². The number of halogens is 6. The van der Waals surface area contributed by atoms with Gasteiger partial charge in [-0.25, -0.2) is 14.4 Å². The maximum Gasteiger partial charge on any atom is 0.490 e. The smallest absolute Gasteiger partial charge is 0.475 e. The second-order valence-electron chi connectivity index (χ2n) is 9.04. The van der Waals surface area contributed by atoms with E-state index in [2.05, 4.69) is 6.92 Å². The second-order valence-corrected chi connectivity index (χ2v) is 9.04. The molecule has 230 valence electrons. The zero-order valence-electron chi connectivity index (χ0n) is 21.7. The number of likely N-dealkylation sites (tertiary alicyclic amines) is 1. The van der Waals surface area contributed by atoms with E-state index in [-0.39, 0.29) is 30.4 Å². The van der Waals surface area contributed by atoms with Crippen LogP contribution in [-0.2, 0) is 14.4 Å². The van der Waals surface area contributed by atoms with Gasteiger partial charge >= 0.3 is 30.3 Å². The summed E-state index contributed by atoms with van der Waals surface area (Å²) in [4.78, 5) is 48.3. The summed E-state index contributed by atoms with van der Waals surface area (Å²) < 4.78 is 63.5.